The van der Waals surface area contributed by atoms with Gasteiger partial charge in [-0.1, -0.05) is 6.92 Å². The largest absolute Gasteiger partial charge is 0.379 e. The highest BCUT2D eigenvalue weighted by Crippen LogP contribution is 2.05. The average molecular weight is 157 g/mol. The highest BCUT2D eigenvalue weighted by molar-refractivity contribution is 5.73. The molecule has 3 nitrogen and oxygen atoms in total. The van der Waals surface area contributed by atoms with Crippen molar-refractivity contribution in [3.05, 3.63) is 0 Å². The zero-order valence-electron chi connectivity index (χ0n) is 7.17. The summed E-state index contributed by atoms with van der Waals surface area (Å²) in [5.74, 6) is 0.628. The van der Waals surface area contributed by atoms with Crippen molar-refractivity contribution in [1.82, 2.24) is 4.90 Å². The molecule has 1 fully saturated rings. The highest BCUT2D eigenvalue weighted by Gasteiger charge is 2.16. The maximum atomic E-state index is 11.0. The predicted octanol–water partition coefficient (Wildman–Crippen LogP) is 0.501. The summed E-state index contributed by atoms with van der Waals surface area (Å²) in [7, 11) is 0. The van der Waals surface area contributed by atoms with Crippen molar-refractivity contribution in [2.45, 2.75) is 13.8 Å². The molecule has 3 heteroatoms. The van der Waals surface area contributed by atoms with E-state index in [2.05, 4.69) is 6.92 Å². The van der Waals surface area contributed by atoms with Gasteiger partial charge in [-0.25, -0.2) is 0 Å². The number of hydrogen-bond donors (Lipinski definition) is 0. The van der Waals surface area contributed by atoms with E-state index in [0.717, 1.165) is 19.7 Å². The number of ether oxygens (including phenoxy) is 1. The fourth-order valence-corrected chi connectivity index (χ4v) is 1.27. The second kappa shape index (κ2) is 3.72. The number of rotatable bonds is 0. The molecule has 0 aromatic rings. The molecule has 64 valence electrons. The Hall–Kier alpha value is -0.570. The molecule has 1 heterocycles. The molecule has 0 saturated carbocycles. The molecule has 1 atom stereocenters. The van der Waals surface area contributed by atoms with Gasteiger partial charge in [-0.05, 0) is 5.92 Å². The lowest BCUT2D eigenvalue weighted by Crippen LogP contribution is -2.33. The number of nitrogens with zero attached hydrogens (tertiary/aromatic N) is 1. The summed E-state index contributed by atoms with van der Waals surface area (Å²) in [6.45, 7) is 6.77. The smallest absolute Gasteiger partial charge is 0.219 e. The Morgan fingerprint density at radius 1 is 1.64 bits per heavy atom. The summed E-state index contributed by atoms with van der Waals surface area (Å²) >= 11 is 0. The van der Waals surface area contributed by atoms with E-state index in [4.69, 9.17) is 4.74 Å². The van der Waals surface area contributed by atoms with Crippen molar-refractivity contribution >= 4 is 5.91 Å². The number of carbonyl (C=O) groups is 1. The molecule has 0 aromatic carbocycles. The molecule has 0 aromatic heterocycles. The van der Waals surface area contributed by atoms with Crippen molar-refractivity contribution in [2.24, 2.45) is 5.92 Å². The Bertz CT molecular complexity index is 147. The molecular formula is C8H15NO2. The van der Waals surface area contributed by atoms with Gasteiger partial charge in [0, 0.05) is 20.0 Å². The lowest BCUT2D eigenvalue weighted by molar-refractivity contribution is -0.129. The van der Waals surface area contributed by atoms with Crippen LogP contribution in [0.1, 0.15) is 13.8 Å². The Labute approximate surface area is 67.3 Å². The molecule has 11 heavy (non-hydrogen) atoms. The molecule has 1 saturated heterocycles. The number of carbonyl (C=O) groups excluding carboxylic acids is 1. The molecule has 0 radical (unpaired) electrons. The molecule has 1 aliphatic rings. The van der Waals surface area contributed by atoms with E-state index in [0.29, 0.717) is 12.5 Å². The zero-order chi connectivity index (χ0) is 8.27. The van der Waals surface area contributed by atoms with Crippen LogP contribution >= 0.6 is 0 Å². The van der Waals surface area contributed by atoms with Crippen molar-refractivity contribution in [3.8, 4) is 0 Å². The second-order valence-corrected chi connectivity index (χ2v) is 3.15. The normalized spacial score (nSPS) is 26.4. The molecule has 1 aliphatic heterocycles. The molecule has 1 amide bonds. The van der Waals surface area contributed by atoms with Crippen molar-refractivity contribution in [1.29, 1.82) is 0 Å². The van der Waals surface area contributed by atoms with Crippen molar-refractivity contribution in [2.75, 3.05) is 26.3 Å². The predicted molar refractivity (Wildman–Crippen MR) is 42.2 cm³/mol. The Balaban J connectivity index is 2.45. The van der Waals surface area contributed by atoms with E-state index in [1.54, 1.807) is 6.92 Å². The summed E-state index contributed by atoms with van der Waals surface area (Å²) in [6.07, 6.45) is 0. The SMILES string of the molecule is CC(=O)N1CCOCC(C)C1. The molecule has 1 unspecified atom stereocenters. The summed E-state index contributed by atoms with van der Waals surface area (Å²) in [4.78, 5) is 12.8. The first-order chi connectivity index (χ1) is 5.20. The fourth-order valence-electron chi connectivity index (χ4n) is 1.27. The lowest BCUT2D eigenvalue weighted by atomic mass is 10.2. The zero-order valence-corrected chi connectivity index (χ0v) is 7.17. The van der Waals surface area contributed by atoms with Gasteiger partial charge in [-0.15, -0.1) is 0 Å². The van der Waals surface area contributed by atoms with Crippen LogP contribution in [0.2, 0.25) is 0 Å². The first-order valence-electron chi connectivity index (χ1n) is 4.03. The van der Waals surface area contributed by atoms with Crippen LogP contribution in [0, 0.1) is 5.92 Å². The van der Waals surface area contributed by atoms with Crippen LogP contribution in [0.5, 0.6) is 0 Å². The molecule has 0 bridgehead atoms. The Kier molecular flexibility index (Phi) is 2.88. The van der Waals surface area contributed by atoms with E-state index in [1.807, 2.05) is 4.90 Å². The van der Waals surface area contributed by atoms with Crippen LogP contribution < -0.4 is 0 Å². The lowest BCUT2D eigenvalue weighted by Gasteiger charge is -2.19. The van der Waals surface area contributed by atoms with Crippen molar-refractivity contribution in [3.63, 3.8) is 0 Å². The first kappa shape index (κ1) is 8.53. The average Bonchev–Trinajstić information content (AvgIpc) is 2.13. The van der Waals surface area contributed by atoms with Gasteiger partial charge in [0.25, 0.3) is 0 Å². The summed E-state index contributed by atoms with van der Waals surface area (Å²) in [6, 6.07) is 0. The minimum Gasteiger partial charge on any atom is -0.379 e. The minimum absolute atomic E-state index is 0.155. The van der Waals surface area contributed by atoms with E-state index in [1.165, 1.54) is 0 Å². The fraction of sp³-hybridized carbons (Fsp3) is 0.875. The monoisotopic (exact) mass is 157 g/mol. The van der Waals surface area contributed by atoms with Crippen LogP contribution in [-0.2, 0) is 9.53 Å². The van der Waals surface area contributed by atoms with Crippen LogP contribution in [-0.4, -0.2) is 37.1 Å². The van der Waals surface area contributed by atoms with Gasteiger partial charge in [0.1, 0.15) is 0 Å². The summed E-state index contributed by atoms with van der Waals surface area (Å²) < 4.78 is 5.29. The molecule has 0 aliphatic carbocycles. The number of amides is 1. The van der Waals surface area contributed by atoms with Gasteiger partial charge in [-0.2, -0.15) is 0 Å². The van der Waals surface area contributed by atoms with Crippen LogP contribution in [0.3, 0.4) is 0 Å². The van der Waals surface area contributed by atoms with E-state index in [9.17, 15) is 4.79 Å². The van der Waals surface area contributed by atoms with Crippen LogP contribution in [0.25, 0.3) is 0 Å². The maximum Gasteiger partial charge on any atom is 0.219 e. The second-order valence-electron chi connectivity index (χ2n) is 3.15. The third kappa shape index (κ3) is 2.50. The molecular weight excluding hydrogens is 142 g/mol. The Morgan fingerprint density at radius 3 is 3.00 bits per heavy atom. The van der Waals surface area contributed by atoms with Crippen LogP contribution in [0.15, 0.2) is 0 Å². The van der Waals surface area contributed by atoms with Gasteiger partial charge >= 0.3 is 0 Å². The summed E-state index contributed by atoms with van der Waals surface area (Å²) in [5.41, 5.74) is 0. The number of hydrogen-bond acceptors (Lipinski definition) is 2. The van der Waals surface area contributed by atoms with Crippen molar-refractivity contribution < 1.29 is 9.53 Å². The summed E-state index contributed by atoms with van der Waals surface area (Å²) in [5, 5.41) is 0. The van der Waals surface area contributed by atoms with Crippen LogP contribution in [0.4, 0.5) is 0 Å². The molecule has 1 rings (SSSR count). The maximum absolute atomic E-state index is 11.0. The van der Waals surface area contributed by atoms with E-state index < -0.39 is 0 Å². The third-order valence-electron chi connectivity index (χ3n) is 1.89. The third-order valence-corrected chi connectivity index (χ3v) is 1.89. The quantitative estimate of drug-likeness (QED) is 0.512. The van der Waals surface area contributed by atoms with Gasteiger partial charge in [-0.3, -0.25) is 4.79 Å². The van der Waals surface area contributed by atoms with Gasteiger partial charge in [0.15, 0.2) is 0 Å². The first-order valence-corrected chi connectivity index (χ1v) is 4.03. The minimum atomic E-state index is 0.155. The van der Waals surface area contributed by atoms with Gasteiger partial charge in [0.05, 0.1) is 13.2 Å². The van der Waals surface area contributed by atoms with Gasteiger partial charge in [0.2, 0.25) is 5.91 Å². The van der Waals surface area contributed by atoms with E-state index >= 15 is 0 Å². The molecule has 0 N–H and O–H groups in total. The Morgan fingerprint density at radius 2 is 2.36 bits per heavy atom. The van der Waals surface area contributed by atoms with E-state index in [-0.39, 0.29) is 5.91 Å². The standard InChI is InChI=1S/C8H15NO2/c1-7-5-9(8(2)10)3-4-11-6-7/h7H,3-6H2,1-2H3. The highest BCUT2D eigenvalue weighted by atomic mass is 16.5. The van der Waals surface area contributed by atoms with Gasteiger partial charge < -0.3 is 9.64 Å². The topological polar surface area (TPSA) is 29.5 Å². The molecule has 0 spiro atoms.